The highest BCUT2D eigenvalue weighted by atomic mass is 79.9. The lowest BCUT2D eigenvalue weighted by Gasteiger charge is -2.37. The van der Waals surface area contributed by atoms with E-state index in [0.29, 0.717) is 18.0 Å². The topological polar surface area (TPSA) is 52.7 Å². The van der Waals surface area contributed by atoms with Gasteiger partial charge in [-0.3, -0.25) is 9.59 Å². The second-order valence-corrected chi connectivity index (χ2v) is 8.41. The van der Waals surface area contributed by atoms with Crippen molar-refractivity contribution in [1.29, 1.82) is 0 Å². The molecule has 1 atom stereocenters. The molecule has 1 aliphatic heterocycles. The van der Waals surface area contributed by atoms with Crippen LogP contribution in [0.1, 0.15) is 16.6 Å². The lowest BCUT2D eigenvalue weighted by molar-refractivity contribution is -0.133. The van der Waals surface area contributed by atoms with E-state index in [1.165, 1.54) is 17.0 Å². The van der Waals surface area contributed by atoms with Crippen molar-refractivity contribution in [3.8, 4) is 0 Å². The van der Waals surface area contributed by atoms with Crippen LogP contribution in [-0.2, 0) is 4.79 Å². The first-order chi connectivity index (χ1) is 12.0. The van der Waals surface area contributed by atoms with E-state index in [-0.39, 0.29) is 11.8 Å². The smallest absolute Gasteiger partial charge is 0.262 e. The van der Waals surface area contributed by atoms with Gasteiger partial charge in [0.25, 0.3) is 5.91 Å². The predicted octanol–water partition coefficient (Wildman–Crippen LogP) is 2.98. The van der Waals surface area contributed by atoms with E-state index >= 15 is 0 Å². The fourth-order valence-corrected chi connectivity index (χ4v) is 4.15. The average molecular weight is 422 g/mol. The summed E-state index contributed by atoms with van der Waals surface area (Å²) >= 11 is 4.70. The Morgan fingerprint density at radius 3 is 2.36 bits per heavy atom. The number of thiophene rings is 1. The lowest BCUT2D eigenvalue weighted by Crippen LogP contribution is -2.54. The Morgan fingerprint density at radius 2 is 1.76 bits per heavy atom. The number of nitrogens with zero attached hydrogens (tertiary/aromatic N) is 2. The maximum absolute atomic E-state index is 12.6. The lowest BCUT2D eigenvalue weighted by atomic mass is 10.2. The van der Waals surface area contributed by atoms with E-state index in [2.05, 4.69) is 38.3 Å². The normalized spacial score (nSPS) is 15.8. The number of rotatable bonds is 4. The number of carbonyl (C=O) groups excluding carboxylic acids is 2. The van der Waals surface area contributed by atoms with Crippen molar-refractivity contribution in [3.05, 3.63) is 51.1 Å². The summed E-state index contributed by atoms with van der Waals surface area (Å²) in [5.41, 5.74) is 1.18. The molecule has 1 aliphatic rings. The number of hydrogen-bond acceptors (Lipinski definition) is 4. The number of nitrogens with one attached hydrogen (secondary N) is 1. The van der Waals surface area contributed by atoms with E-state index in [4.69, 9.17) is 0 Å². The van der Waals surface area contributed by atoms with E-state index < -0.39 is 6.04 Å². The molecule has 132 valence electrons. The Kier molecular flexibility index (Phi) is 5.75. The van der Waals surface area contributed by atoms with Crippen LogP contribution in [0.2, 0.25) is 0 Å². The molecule has 1 aromatic heterocycles. The number of carbonyl (C=O) groups is 2. The zero-order chi connectivity index (χ0) is 17.8. The molecule has 1 fully saturated rings. The SMILES string of the molecule is CC(NC(=O)c1ccc(Br)s1)C(=O)N1CCN(c2ccccc2)CC1. The average Bonchev–Trinajstić information content (AvgIpc) is 3.08. The van der Waals surface area contributed by atoms with Crippen LogP contribution in [0.5, 0.6) is 0 Å². The maximum atomic E-state index is 12.6. The van der Waals surface area contributed by atoms with E-state index in [9.17, 15) is 9.59 Å². The van der Waals surface area contributed by atoms with E-state index in [1.807, 2.05) is 29.2 Å². The molecule has 3 rings (SSSR count). The number of benzene rings is 1. The second-order valence-electron chi connectivity index (χ2n) is 5.95. The van der Waals surface area contributed by atoms with E-state index in [0.717, 1.165) is 16.9 Å². The van der Waals surface area contributed by atoms with Crippen molar-refractivity contribution in [3.63, 3.8) is 0 Å². The summed E-state index contributed by atoms with van der Waals surface area (Å²) < 4.78 is 0.897. The summed E-state index contributed by atoms with van der Waals surface area (Å²) in [7, 11) is 0. The minimum atomic E-state index is -0.531. The molecule has 0 aliphatic carbocycles. The van der Waals surface area contributed by atoms with Gasteiger partial charge in [-0.15, -0.1) is 11.3 Å². The monoisotopic (exact) mass is 421 g/mol. The van der Waals surface area contributed by atoms with Gasteiger partial charge in [0.2, 0.25) is 5.91 Å². The van der Waals surface area contributed by atoms with Crippen LogP contribution in [0.4, 0.5) is 5.69 Å². The molecule has 0 saturated carbocycles. The van der Waals surface area contributed by atoms with Crippen molar-refractivity contribution < 1.29 is 9.59 Å². The maximum Gasteiger partial charge on any atom is 0.262 e. The third-order valence-corrected chi connectivity index (χ3v) is 5.85. The van der Waals surface area contributed by atoms with Gasteiger partial charge in [-0.1, -0.05) is 18.2 Å². The fourth-order valence-electron chi connectivity index (χ4n) is 2.86. The third kappa shape index (κ3) is 4.41. The van der Waals surface area contributed by atoms with Crippen molar-refractivity contribution >= 4 is 44.8 Å². The molecule has 1 saturated heterocycles. The summed E-state index contributed by atoms with van der Waals surface area (Å²) in [5, 5.41) is 2.80. The number of anilines is 1. The van der Waals surface area contributed by atoms with Crippen LogP contribution in [-0.4, -0.2) is 48.9 Å². The predicted molar refractivity (Wildman–Crippen MR) is 104 cm³/mol. The summed E-state index contributed by atoms with van der Waals surface area (Å²) in [5.74, 6) is -0.240. The molecule has 5 nitrogen and oxygen atoms in total. The van der Waals surface area contributed by atoms with Crippen LogP contribution in [0.15, 0.2) is 46.3 Å². The Morgan fingerprint density at radius 1 is 1.08 bits per heavy atom. The molecule has 1 N–H and O–H groups in total. The van der Waals surface area contributed by atoms with Crippen LogP contribution in [0.3, 0.4) is 0 Å². The molecule has 7 heteroatoms. The van der Waals surface area contributed by atoms with Crippen molar-refractivity contribution in [1.82, 2.24) is 10.2 Å². The summed E-state index contributed by atoms with van der Waals surface area (Å²) in [4.78, 5) is 29.5. The number of amides is 2. The minimum absolute atomic E-state index is 0.0308. The summed E-state index contributed by atoms with van der Waals surface area (Å²) in [6.07, 6.45) is 0. The van der Waals surface area contributed by atoms with Gasteiger partial charge in [0.15, 0.2) is 0 Å². The molecule has 2 amide bonds. The molecule has 0 spiro atoms. The summed E-state index contributed by atoms with van der Waals surface area (Å²) in [6.45, 7) is 4.67. The van der Waals surface area contributed by atoms with Crippen LogP contribution in [0, 0.1) is 0 Å². The van der Waals surface area contributed by atoms with Gasteiger partial charge < -0.3 is 15.1 Å². The Balaban J connectivity index is 1.52. The first-order valence-corrected chi connectivity index (χ1v) is 9.80. The molecule has 0 bridgehead atoms. The first kappa shape index (κ1) is 17.9. The zero-order valence-corrected chi connectivity index (χ0v) is 16.3. The number of halogens is 1. The van der Waals surface area contributed by atoms with Gasteiger partial charge in [-0.2, -0.15) is 0 Å². The van der Waals surface area contributed by atoms with Gasteiger partial charge in [-0.05, 0) is 47.1 Å². The highest BCUT2D eigenvalue weighted by Gasteiger charge is 2.26. The fraction of sp³-hybridized carbons (Fsp3) is 0.333. The van der Waals surface area contributed by atoms with Crippen molar-refractivity contribution in [2.24, 2.45) is 0 Å². The number of para-hydroxylation sites is 1. The largest absolute Gasteiger partial charge is 0.368 e. The highest BCUT2D eigenvalue weighted by molar-refractivity contribution is 9.11. The van der Waals surface area contributed by atoms with Crippen molar-refractivity contribution in [2.45, 2.75) is 13.0 Å². The quantitative estimate of drug-likeness (QED) is 0.825. The molecule has 2 heterocycles. The molecule has 1 aromatic carbocycles. The van der Waals surface area contributed by atoms with Crippen LogP contribution >= 0.6 is 27.3 Å². The number of piperazine rings is 1. The van der Waals surface area contributed by atoms with Crippen LogP contribution in [0.25, 0.3) is 0 Å². The standard InChI is InChI=1S/C18H20BrN3O2S/c1-13(20-17(23)15-7-8-16(19)25-15)18(24)22-11-9-21(10-12-22)14-5-3-2-4-6-14/h2-8,13H,9-12H2,1H3,(H,20,23). The highest BCUT2D eigenvalue weighted by Crippen LogP contribution is 2.22. The molecule has 2 aromatic rings. The Labute approximate surface area is 159 Å². The van der Waals surface area contributed by atoms with Crippen LogP contribution < -0.4 is 10.2 Å². The molecule has 1 unspecified atom stereocenters. The molecule has 25 heavy (non-hydrogen) atoms. The minimum Gasteiger partial charge on any atom is -0.368 e. The van der Waals surface area contributed by atoms with E-state index in [1.54, 1.807) is 13.0 Å². The second kappa shape index (κ2) is 8.01. The zero-order valence-electron chi connectivity index (χ0n) is 13.9. The number of hydrogen-bond donors (Lipinski definition) is 1. The van der Waals surface area contributed by atoms with Crippen molar-refractivity contribution in [2.75, 3.05) is 31.1 Å². The third-order valence-electron chi connectivity index (χ3n) is 4.23. The van der Waals surface area contributed by atoms with Gasteiger partial charge in [0.1, 0.15) is 6.04 Å². The van der Waals surface area contributed by atoms with Gasteiger partial charge >= 0.3 is 0 Å². The van der Waals surface area contributed by atoms with Gasteiger partial charge in [0, 0.05) is 31.9 Å². The molecular weight excluding hydrogens is 402 g/mol. The first-order valence-electron chi connectivity index (χ1n) is 8.19. The Bertz CT molecular complexity index is 742. The molecule has 0 radical (unpaired) electrons. The van der Waals surface area contributed by atoms with Gasteiger partial charge in [0.05, 0.1) is 8.66 Å². The molecular formula is C18H20BrN3O2S. The summed E-state index contributed by atoms with van der Waals surface area (Å²) in [6, 6.07) is 13.3. The Hall–Kier alpha value is -1.86. The van der Waals surface area contributed by atoms with Gasteiger partial charge in [-0.25, -0.2) is 0 Å².